The Morgan fingerprint density at radius 2 is 1.59 bits per heavy atom. The Hall–Kier alpha value is -1.03. The van der Waals surface area contributed by atoms with Crippen LogP contribution in [0.15, 0.2) is 0 Å². The minimum absolute atomic E-state index is 0. The Balaban J connectivity index is 0.00000840. The van der Waals surface area contributed by atoms with Crippen molar-refractivity contribution in [1.82, 2.24) is 10.0 Å². The number of aliphatic hydroxyl groups is 3. The molecule has 41 heavy (non-hydrogen) atoms. The average Bonchev–Trinajstić information content (AvgIpc) is 2.78. The van der Waals surface area contributed by atoms with Crippen LogP contribution in [0.25, 0.3) is 0 Å². The number of aliphatic carboxylic acids is 1. The van der Waals surface area contributed by atoms with Gasteiger partial charge in [-0.15, -0.1) is 0 Å². The Bertz CT molecular complexity index is 1050. The predicted molar refractivity (Wildman–Crippen MR) is 139 cm³/mol. The van der Waals surface area contributed by atoms with Crippen molar-refractivity contribution in [2.45, 2.75) is 89.8 Å². The van der Waals surface area contributed by atoms with Gasteiger partial charge >= 0.3 is 0 Å². The maximum Gasteiger partial charge on any atom is 0.159 e. The smallest absolute Gasteiger partial charge is 0.159 e. The molecule has 244 valence electrons. The van der Waals surface area contributed by atoms with Gasteiger partial charge in [-0.05, 0) is 18.3 Å². The number of carbonyl (C=O) groups excluding carboxylic acids is 1. The van der Waals surface area contributed by atoms with Crippen molar-refractivity contribution in [3.63, 3.8) is 0 Å². The minimum Gasteiger partial charge on any atom is -0.748 e. The second kappa shape index (κ2) is 15.1. The maximum absolute atomic E-state index is 11.8. The molecule has 5 N–H and O–H groups in total. The van der Waals surface area contributed by atoms with Crippen LogP contribution in [0.3, 0.4) is 0 Å². The van der Waals surface area contributed by atoms with Gasteiger partial charge in [-0.25, -0.2) is 21.6 Å². The lowest BCUT2D eigenvalue weighted by molar-refractivity contribution is -0.323. The molecule has 0 aliphatic heterocycles. The summed E-state index contributed by atoms with van der Waals surface area (Å²) < 4.78 is 87.9. The van der Waals surface area contributed by atoms with E-state index in [-0.39, 0.29) is 32.4 Å². The molecule has 2 rings (SSSR count). The molecular formula is C23H43N2O14S2-3. The van der Waals surface area contributed by atoms with Gasteiger partial charge in [0.05, 0.1) is 53.3 Å². The zero-order chi connectivity index (χ0) is 30.6. The Morgan fingerprint density at radius 3 is 2.07 bits per heavy atom. The van der Waals surface area contributed by atoms with Gasteiger partial charge in [0, 0.05) is 43.8 Å². The van der Waals surface area contributed by atoms with Crippen molar-refractivity contribution in [3.05, 3.63) is 0 Å². The standard InChI is InChI=1S/C22H42N2O14S2.CH4/c1-22(2,3)10-23-5-6-37-19-11(9-39(30,31)32)7-13(15(17(19)26)24-40(33,34)35)38-20-12(21(28)29)8-14(36-4)16(25)18(20)27;/h11-20,23-27H,5-10H2,1-4H3,(H,28,29)(H,30,31,32)(H,33,34,35);1H4/p-3/t11?,12?,13-,14-,15?,16?,17+,18+,19+,20+;/m1./s1. The molecule has 0 heterocycles. The number of nitrogens with one attached hydrogen (secondary N) is 2. The highest BCUT2D eigenvalue weighted by atomic mass is 32.2. The minimum atomic E-state index is -5.27. The van der Waals surface area contributed by atoms with Gasteiger partial charge in [-0.1, -0.05) is 28.2 Å². The number of carboxylic acids is 1. The summed E-state index contributed by atoms with van der Waals surface area (Å²) in [5.41, 5.74) is -0.0740. The fraction of sp³-hybridized carbons (Fsp3) is 0.957. The summed E-state index contributed by atoms with van der Waals surface area (Å²) in [5, 5.41) is 47.0. The third kappa shape index (κ3) is 11.5. The van der Waals surface area contributed by atoms with Gasteiger partial charge in [-0.3, -0.25) is 0 Å². The van der Waals surface area contributed by atoms with Crippen LogP contribution in [-0.4, -0.2) is 129 Å². The molecule has 0 aromatic rings. The molecule has 0 spiro atoms. The van der Waals surface area contributed by atoms with E-state index in [1.807, 2.05) is 20.8 Å². The largest absolute Gasteiger partial charge is 0.748 e. The van der Waals surface area contributed by atoms with Crippen molar-refractivity contribution >= 4 is 26.4 Å². The summed E-state index contributed by atoms with van der Waals surface area (Å²) >= 11 is 0. The molecule has 2 aliphatic carbocycles. The highest BCUT2D eigenvalue weighted by Gasteiger charge is 2.51. The van der Waals surface area contributed by atoms with Gasteiger partial charge in [0.25, 0.3) is 0 Å². The molecule has 0 aromatic carbocycles. The van der Waals surface area contributed by atoms with E-state index in [4.69, 9.17) is 14.2 Å². The van der Waals surface area contributed by atoms with Crippen molar-refractivity contribution in [3.8, 4) is 0 Å². The molecule has 4 unspecified atom stereocenters. The fourth-order valence-electron chi connectivity index (χ4n) is 5.14. The van der Waals surface area contributed by atoms with E-state index in [0.717, 1.165) is 0 Å². The Labute approximate surface area is 241 Å². The maximum atomic E-state index is 11.8. The quantitative estimate of drug-likeness (QED) is 0.0961. The zero-order valence-electron chi connectivity index (χ0n) is 22.7. The van der Waals surface area contributed by atoms with Crippen LogP contribution in [0.2, 0.25) is 0 Å². The second-order valence-electron chi connectivity index (χ2n) is 11.4. The SMILES string of the molecule is C.CO[C@@H]1CC(C(=O)[O-])[C@H](O[C@@H]2CC(CS(=O)(=O)[O-])[C@H](OCCNCC(C)(C)C)[C@@H](O)C2NS(=O)(=O)[O-])[C@@H](O)C1O. The highest BCUT2D eigenvalue weighted by Crippen LogP contribution is 2.36. The summed E-state index contributed by atoms with van der Waals surface area (Å²) in [5.74, 6) is -5.63. The molecule has 0 bridgehead atoms. The van der Waals surface area contributed by atoms with E-state index in [1.165, 1.54) is 7.11 Å². The van der Waals surface area contributed by atoms with Crippen LogP contribution in [0.1, 0.15) is 41.0 Å². The summed E-state index contributed by atoms with van der Waals surface area (Å²) in [4.78, 5) is 11.8. The van der Waals surface area contributed by atoms with Gasteiger partial charge in [-0.2, -0.15) is 0 Å². The van der Waals surface area contributed by atoms with E-state index in [0.29, 0.717) is 6.54 Å². The lowest BCUT2D eigenvalue weighted by Crippen LogP contribution is -2.66. The van der Waals surface area contributed by atoms with E-state index in [1.54, 1.807) is 4.72 Å². The van der Waals surface area contributed by atoms with Crippen molar-refractivity contribution in [2.75, 3.05) is 32.6 Å². The molecule has 18 heteroatoms. The monoisotopic (exact) mass is 635 g/mol. The number of methoxy groups -OCH3 is 1. The van der Waals surface area contributed by atoms with Gasteiger partial charge in [0.1, 0.15) is 12.2 Å². The second-order valence-corrected chi connectivity index (χ2v) is 14.0. The van der Waals surface area contributed by atoms with Crippen molar-refractivity contribution < 1.29 is 65.4 Å². The topological polar surface area (TPSA) is 267 Å². The van der Waals surface area contributed by atoms with E-state index < -0.39 is 99.2 Å². The Morgan fingerprint density at radius 1 is 0.976 bits per heavy atom. The van der Waals surface area contributed by atoms with E-state index in [2.05, 4.69) is 5.32 Å². The lowest BCUT2D eigenvalue weighted by Gasteiger charge is -2.49. The number of aliphatic hydroxyl groups excluding tert-OH is 3. The summed E-state index contributed by atoms with van der Waals surface area (Å²) in [7, 11) is -9.01. The number of ether oxygens (including phenoxy) is 3. The lowest BCUT2D eigenvalue weighted by atomic mass is 9.78. The first-order valence-corrected chi connectivity index (χ1v) is 15.6. The van der Waals surface area contributed by atoms with Gasteiger partial charge in [0.2, 0.25) is 0 Å². The summed E-state index contributed by atoms with van der Waals surface area (Å²) in [6.07, 6.45) is -12.3. The first kappa shape index (κ1) is 38.0. The summed E-state index contributed by atoms with van der Waals surface area (Å²) in [6.45, 7) is 6.66. The number of carboxylic acid groups (broad SMARTS) is 1. The molecule has 0 aromatic heterocycles. The fourth-order valence-corrected chi connectivity index (χ4v) is 6.62. The van der Waals surface area contributed by atoms with Crippen LogP contribution in [0.4, 0.5) is 0 Å². The number of hydrogen-bond donors (Lipinski definition) is 5. The first-order valence-electron chi connectivity index (χ1n) is 12.7. The summed E-state index contributed by atoms with van der Waals surface area (Å²) in [6, 6.07) is -1.80. The van der Waals surface area contributed by atoms with Crippen LogP contribution in [0, 0.1) is 17.3 Å². The van der Waals surface area contributed by atoms with Crippen LogP contribution < -0.4 is 15.1 Å². The normalized spacial score (nSPS) is 35.0. The Kier molecular flexibility index (Phi) is 14.0. The molecule has 0 radical (unpaired) electrons. The highest BCUT2D eigenvalue weighted by molar-refractivity contribution is 7.85. The molecule has 2 aliphatic rings. The van der Waals surface area contributed by atoms with E-state index >= 15 is 0 Å². The van der Waals surface area contributed by atoms with Crippen LogP contribution >= 0.6 is 0 Å². The number of rotatable bonds is 13. The van der Waals surface area contributed by atoms with Crippen LogP contribution in [0.5, 0.6) is 0 Å². The van der Waals surface area contributed by atoms with Gasteiger partial charge < -0.3 is 53.9 Å². The first-order chi connectivity index (χ1) is 18.2. The van der Waals surface area contributed by atoms with Crippen molar-refractivity contribution in [2.24, 2.45) is 17.3 Å². The number of hydrogen-bond acceptors (Lipinski definition) is 15. The predicted octanol–water partition coefficient (Wildman–Crippen LogP) is -3.75. The van der Waals surface area contributed by atoms with Crippen LogP contribution in [-0.2, 0) is 39.4 Å². The van der Waals surface area contributed by atoms with Gasteiger partial charge in [0.15, 0.2) is 10.3 Å². The molecule has 10 atom stereocenters. The number of carbonyl (C=O) groups is 1. The molecule has 2 saturated carbocycles. The van der Waals surface area contributed by atoms with Crippen molar-refractivity contribution in [1.29, 1.82) is 0 Å². The molecule has 0 amide bonds. The van der Waals surface area contributed by atoms with E-state index in [9.17, 15) is 51.2 Å². The molecule has 0 saturated heterocycles. The third-order valence-corrected chi connectivity index (χ3v) is 8.33. The third-order valence-electron chi connectivity index (χ3n) is 6.94. The molecule has 16 nitrogen and oxygen atoms in total. The molecular weight excluding hydrogens is 592 g/mol. The zero-order valence-corrected chi connectivity index (χ0v) is 24.3. The molecule has 2 fully saturated rings. The average molecular weight is 636 g/mol.